The van der Waals surface area contributed by atoms with Gasteiger partial charge >= 0.3 is 0 Å². The molecule has 16 heavy (non-hydrogen) atoms. The van der Waals surface area contributed by atoms with Gasteiger partial charge in [0, 0.05) is 28.2 Å². The van der Waals surface area contributed by atoms with Gasteiger partial charge < -0.3 is 5.32 Å². The van der Waals surface area contributed by atoms with E-state index in [1.165, 1.54) is 0 Å². The summed E-state index contributed by atoms with van der Waals surface area (Å²) in [5, 5.41) is 4.32. The molecule has 1 heterocycles. The van der Waals surface area contributed by atoms with Crippen molar-refractivity contribution < 1.29 is 8.42 Å². The van der Waals surface area contributed by atoms with Gasteiger partial charge in [0.05, 0.1) is 11.5 Å². The molecule has 0 aliphatic carbocycles. The van der Waals surface area contributed by atoms with Crippen molar-refractivity contribution >= 4 is 33.0 Å². The van der Waals surface area contributed by atoms with Gasteiger partial charge in [-0.15, -0.1) is 0 Å². The monoisotopic (exact) mass is 279 g/mol. The van der Waals surface area contributed by atoms with Crippen LogP contribution in [0.5, 0.6) is 0 Å². The number of halogens is 2. The summed E-state index contributed by atoms with van der Waals surface area (Å²) >= 11 is 12.0. The van der Waals surface area contributed by atoms with Crippen LogP contribution >= 0.6 is 23.2 Å². The van der Waals surface area contributed by atoms with Gasteiger partial charge in [-0.05, 0) is 12.1 Å². The minimum Gasteiger partial charge on any atom is -0.308 e. The lowest BCUT2D eigenvalue weighted by atomic mass is 10.2. The molecule has 1 N–H and O–H groups in total. The van der Waals surface area contributed by atoms with E-state index in [0.29, 0.717) is 16.6 Å². The van der Waals surface area contributed by atoms with Gasteiger partial charge in [0.15, 0.2) is 9.84 Å². The predicted octanol–water partition coefficient (Wildman–Crippen LogP) is 1.88. The Labute approximate surface area is 105 Å². The smallest absolute Gasteiger partial charge is 0.153 e. The Hall–Kier alpha value is -0.290. The Morgan fingerprint density at radius 1 is 1.25 bits per heavy atom. The topological polar surface area (TPSA) is 46.2 Å². The maximum absolute atomic E-state index is 11.0. The van der Waals surface area contributed by atoms with Crippen molar-refractivity contribution in [3.05, 3.63) is 33.8 Å². The molecule has 1 aromatic rings. The van der Waals surface area contributed by atoms with Crippen LogP contribution in [0.15, 0.2) is 18.2 Å². The molecular formula is C10H11Cl2NO2S. The van der Waals surface area contributed by atoms with Crippen molar-refractivity contribution in [1.29, 1.82) is 0 Å². The lowest BCUT2D eigenvalue weighted by Gasteiger charge is -2.27. The summed E-state index contributed by atoms with van der Waals surface area (Å²) < 4.78 is 21.9. The van der Waals surface area contributed by atoms with Crippen molar-refractivity contribution in [2.45, 2.75) is 12.6 Å². The van der Waals surface area contributed by atoms with Crippen molar-refractivity contribution in [2.24, 2.45) is 0 Å². The fraction of sp³-hybridized carbons (Fsp3) is 0.400. The zero-order chi connectivity index (χ0) is 11.8. The molecule has 6 heteroatoms. The first-order valence-corrected chi connectivity index (χ1v) is 7.42. The normalized spacial score (nSPS) is 19.4. The van der Waals surface area contributed by atoms with Gasteiger partial charge in [0.2, 0.25) is 0 Å². The summed E-state index contributed by atoms with van der Waals surface area (Å²) in [4.78, 5) is 0. The molecule has 1 aliphatic heterocycles. The Morgan fingerprint density at radius 3 is 2.31 bits per heavy atom. The molecular weight excluding hydrogens is 269 g/mol. The maximum Gasteiger partial charge on any atom is 0.153 e. The predicted molar refractivity (Wildman–Crippen MR) is 65.7 cm³/mol. The van der Waals surface area contributed by atoms with Gasteiger partial charge in [0.25, 0.3) is 0 Å². The third kappa shape index (κ3) is 2.69. The van der Waals surface area contributed by atoms with Crippen molar-refractivity contribution in [3.8, 4) is 0 Å². The molecule has 0 atom stereocenters. The molecule has 0 spiro atoms. The second-order valence-corrected chi connectivity index (χ2v) is 6.82. The largest absolute Gasteiger partial charge is 0.308 e. The van der Waals surface area contributed by atoms with E-state index in [4.69, 9.17) is 23.2 Å². The van der Waals surface area contributed by atoms with E-state index in [1.807, 2.05) is 0 Å². The molecule has 0 amide bonds. The summed E-state index contributed by atoms with van der Waals surface area (Å²) in [5.74, 6) is 0.407. The fourth-order valence-electron chi connectivity index (χ4n) is 1.63. The van der Waals surface area contributed by atoms with Crippen LogP contribution in [0.2, 0.25) is 10.0 Å². The molecule has 0 saturated carbocycles. The summed E-state index contributed by atoms with van der Waals surface area (Å²) in [7, 11) is -2.78. The molecule has 88 valence electrons. The quantitative estimate of drug-likeness (QED) is 0.919. The highest BCUT2D eigenvalue weighted by Gasteiger charge is 2.32. The third-order valence-corrected chi connectivity index (χ3v) is 5.07. The highest BCUT2D eigenvalue weighted by Crippen LogP contribution is 2.24. The third-order valence-electron chi connectivity index (χ3n) is 2.54. The molecule has 1 fully saturated rings. The highest BCUT2D eigenvalue weighted by molar-refractivity contribution is 7.92. The zero-order valence-electron chi connectivity index (χ0n) is 8.41. The first kappa shape index (κ1) is 12.2. The van der Waals surface area contributed by atoms with E-state index in [1.54, 1.807) is 18.2 Å². The van der Waals surface area contributed by atoms with Gasteiger partial charge in [0.1, 0.15) is 0 Å². The number of hydrogen-bond acceptors (Lipinski definition) is 3. The van der Waals surface area contributed by atoms with E-state index in [0.717, 1.165) is 5.56 Å². The lowest BCUT2D eigenvalue weighted by Crippen LogP contribution is -2.50. The summed E-state index contributed by atoms with van der Waals surface area (Å²) in [6, 6.07) is 5.34. The van der Waals surface area contributed by atoms with Crippen LogP contribution in [0.3, 0.4) is 0 Å². The minimum atomic E-state index is -2.78. The lowest BCUT2D eigenvalue weighted by molar-refractivity contribution is 0.512. The molecule has 0 radical (unpaired) electrons. The molecule has 0 unspecified atom stereocenters. The van der Waals surface area contributed by atoms with Crippen LogP contribution in [0.4, 0.5) is 0 Å². The Kier molecular flexibility index (Phi) is 3.45. The van der Waals surface area contributed by atoms with Crippen molar-refractivity contribution in [2.75, 3.05) is 11.5 Å². The second kappa shape index (κ2) is 4.53. The van der Waals surface area contributed by atoms with E-state index >= 15 is 0 Å². The van der Waals surface area contributed by atoms with Crippen LogP contribution in [-0.4, -0.2) is 26.0 Å². The van der Waals surface area contributed by atoms with Gasteiger partial charge in [-0.3, -0.25) is 0 Å². The maximum atomic E-state index is 11.0. The first-order valence-electron chi connectivity index (χ1n) is 4.84. The summed E-state index contributed by atoms with van der Waals surface area (Å²) in [6.07, 6.45) is 0. The van der Waals surface area contributed by atoms with E-state index in [2.05, 4.69) is 5.32 Å². The standard InChI is InChI=1S/C10H11Cl2NO2S/c11-9-2-1-3-10(12)8(9)4-13-7-5-16(14,15)6-7/h1-3,7,13H,4-6H2. The molecule has 1 saturated heterocycles. The summed E-state index contributed by atoms with van der Waals surface area (Å²) in [5.41, 5.74) is 0.815. The number of rotatable bonds is 3. The SMILES string of the molecule is O=S1(=O)CC(NCc2c(Cl)cccc2Cl)C1. The molecule has 3 nitrogen and oxygen atoms in total. The average molecular weight is 280 g/mol. The van der Waals surface area contributed by atoms with E-state index in [9.17, 15) is 8.42 Å². The van der Waals surface area contributed by atoms with Gasteiger partial charge in [-0.2, -0.15) is 0 Å². The van der Waals surface area contributed by atoms with Crippen molar-refractivity contribution in [3.63, 3.8) is 0 Å². The molecule has 2 rings (SSSR count). The molecule has 0 bridgehead atoms. The van der Waals surface area contributed by atoms with Crippen LogP contribution in [0.25, 0.3) is 0 Å². The van der Waals surface area contributed by atoms with Crippen LogP contribution in [0, 0.1) is 0 Å². The molecule has 1 aliphatic rings. The number of hydrogen-bond donors (Lipinski definition) is 1. The minimum absolute atomic E-state index is 0.0253. The van der Waals surface area contributed by atoms with E-state index in [-0.39, 0.29) is 17.5 Å². The van der Waals surface area contributed by atoms with Crippen molar-refractivity contribution in [1.82, 2.24) is 5.32 Å². The van der Waals surface area contributed by atoms with Crippen LogP contribution in [0.1, 0.15) is 5.56 Å². The Bertz CT molecular complexity index is 469. The zero-order valence-corrected chi connectivity index (χ0v) is 10.7. The van der Waals surface area contributed by atoms with Gasteiger partial charge in [-0.25, -0.2) is 8.42 Å². The fourth-order valence-corrected chi connectivity index (χ4v) is 3.52. The molecule has 1 aromatic carbocycles. The first-order chi connectivity index (χ1) is 7.48. The number of nitrogens with one attached hydrogen (secondary N) is 1. The van der Waals surface area contributed by atoms with Gasteiger partial charge in [-0.1, -0.05) is 29.3 Å². The highest BCUT2D eigenvalue weighted by atomic mass is 35.5. The number of sulfone groups is 1. The van der Waals surface area contributed by atoms with Crippen LogP contribution < -0.4 is 5.32 Å². The Balaban J connectivity index is 1.96. The van der Waals surface area contributed by atoms with E-state index < -0.39 is 9.84 Å². The second-order valence-electron chi connectivity index (χ2n) is 3.85. The summed E-state index contributed by atoms with van der Waals surface area (Å²) in [6.45, 7) is 0.499. The number of benzene rings is 1. The molecule has 0 aromatic heterocycles. The Morgan fingerprint density at radius 2 is 1.81 bits per heavy atom. The average Bonchev–Trinajstić information content (AvgIpc) is 2.14. The van der Waals surface area contributed by atoms with Crippen LogP contribution in [-0.2, 0) is 16.4 Å².